The highest BCUT2D eigenvalue weighted by Gasteiger charge is 2.39. The van der Waals surface area contributed by atoms with Gasteiger partial charge in [0.15, 0.2) is 17.5 Å². The molecule has 0 radical (unpaired) electrons. The van der Waals surface area contributed by atoms with Crippen LogP contribution in [0.3, 0.4) is 0 Å². The zero-order chi connectivity index (χ0) is 34.2. The van der Waals surface area contributed by atoms with Gasteiger partial charge in [0.1, 0.15) is 23.0 Å². The summed E-state index contributed by atoms with van der Waals surface area (Å²) in [6.45, 7) is 0. The molecule has 5 nitrogen and oxygen atoms in total. The molecule has 11 rings (SSSR count). The number of rotatable bonds is 4. The molecule has 1 aliphatic carbocycles. The van der Waals surface area contributed by atoms with Gasteiger partial charge < -0.3 is 9.15 Å². The highest BCUT2D eigenvalue weighted by molar-refractivity contribution is 6.22. The van der Waals surface area contributed by atoms with Gasteiger partial charge in [0.05, 0.1) is 5.92 Å². The van der Waals surface area contributed by atoms with Crippen LogP contribution in [-0.2, 0) is 0 Å². The van der Waals surface area contributed by atoms with E-state index in [1.165, 1.54) is 16.2 Å². The lowest BCUT2D eigenvalue weighted by atomic mass is 9.83. The topological polar surface area (TPSA) is 61.0 Å². The fourth-order valence-electron chi connectivity index (χ4n) is 8.04. The molecule has 2 aromatic heterocycles. The lowest BCUT2D eigenvalue weighted by molar-refractivity contribution is 0.271. The number of allylic oxidation sites excluding steroid dienone is 2. The van der Waals surface area contributed by atoms with E-state index in [2.05, 4.69) is 121 Å². The summed E-state index contributed by atoms with van der Waals surface area (Å²) >= 11 is 0. The molecule has 0 saturated heterocycles. The monoisotopic (exact) mass is 667 g/mol. The molecule has 52 heavy (non-hydrogen) atoms. The van der Waals surface area contributed by atoms with Crippen LogP contribution in [0.5, 0.6) is 5.75 Å². The van der Waals surface area contributed by atoms with Crippen molar-refractivity contribution in [2.75, 3.05) is 0 Å². The maximum absolute atomic E-state index is 6.73. The molecule has 2 aliphatic rings. The molecule has 244 valence electrons. The van der Waals surface area contributed by atoms with Crippen molar-refractivity contribution in [3.8, 4) is 39.7 Å². The molecule has 3 heterocycles. The van der Waals surface area contributed by atoms with Crippen LogP contribution in [0.25, 0.3) is 83.0 Å². The molecule has 0 fully saturated rings. The van der Waals surface area contributed by atoms with E-state index in [-0.39, 0.29) is 12.0 Å². The first kappa shape index (κ1) is 28.9. The Hall–Kier alpha value is -6.85. The fourth-order valence-corrected chi connectivity index (χ4v) is 8.04. The van der Waals surface area contributed by atoms with Gasteiger partial charge in [-0.3, -0.25) is 0 Å². The summed E-state index contributed by atoms with van der Waals surface area (Å²) in [5.74, 6) is 2.73. The lowest BCUT2D eigenvalue weighted by Crippen LogP contribution is -2.20. The number of ether oxygens (including phenoxy) is 1. The normalized spacial score (nSPS) is 16.3. The van der Waals surface area contributed by atoms with Crippen LogP contribution >= 0.6 is 0 Å². The van der Waals surface area contributed by atoms with E-state index in [9.17, 15) is 0 Å². The Morgan fingerprint density at radius 2 is 1.21 bits per heavy atom. The standard InChI is InChI=1S/C47H29N3O2/c1-2-12-29(13-3-1)45-48-46(32-22-21-28-11-4-5-14-30(28)25-32)50-47(49-45)37-18-10-20-40-44(37)36-24-23-31(26-41(36)52-40)38-27-42-43(34-16-7-6-15-33(34)38)35-17-8-9-19-39(35)51-42/h1-27,40,44H. The molecule has 0 spiro atoms. The van der Waals surface area contributed by atoms with Crippen LogP contribution in [0.15, 0.2) is 168 Å². The molecule has 2 unspecified atom stereocenters. The third kappa shape index (κ3) is 4.53. The van der Waals surface area contributed by atoms with Gasteiger partial charge in [-0.1, -0.05) is 133 Å². The minimum absolute atomic E-state index is 0.0703. The van der Waals surface area contributed by atoms with Gasteiger partial charge in [-0.25, -0.2) is 15.0 Å². The van der Waals surface area contributed by atoms with Crippen molar-refractivity contribution in [3.05, 3.63) is 175 Å². The predicted octanol–water partition coefficient (Wildman–Crippen LogP) is 11.6. The molecular formula is C47H29N3O2. The summed E-state index contributed by atoms with van der Waals surface area (Å²) in [6.07, 6.45) is 6.15. The minimum atomic E-state index is -0.180. The number of aromatic nitrogens is 3. The van der Waals surface area contributed by atoms with Crippen molar-refractivity contribution in [1.29, 1.82) is 0 Å². The molecule has 1 aliphatic heterocycles. The summed E-state index contributed by atoms with van der Waals surface area (Å²) in [5.41, 5.74) is 7.98. The highest BCUT2D eigenvalue weighted by Crippen LogP contribution is 2.49. The summed E-state index contributed by atoms with van der Waals surface area (Å²) in [5, 5.41) is 6.95. The maximum atomic E-state index is 6.73. The van der Waals surface area contributed by atoms with E-state index in [1.54, 1.807) is 0 Å². The second-order valence-corrected chi connectivity index (χ2v) is 13.5. The van der Waals surface area contributed by atoms with Crippen LogP contribution in [0.1, 0.15) is 17.3 Å². The molecule has 2 atom stereocenters. The van der Waals surface area contributed by atoms with Crippen molar-refractivity contribution < 1.29 is 9.15 Å². The summed E-state index contributed by atoms with van der Waals surface area (Å²) < 4.78 is 13.1. The molecule has 9 aromatic rings. The maximum Gasteiger partial charge on any atom is 0.164 e. The number of hydrogen-bond acceptors (Lipinski definition) is 5. The molecule has 0 amide bonds. The Labute approximate surface area is 299 Å². The fraction of sp³-hybridized carbons (Fsp3) is 0.0426. The molecule has 7 aromatic carbocycles. The second-order valence-electron chi connectivity index (χ2n) is 13.5. The van der Waals surface area contributed by atoms with E-state index in [4.69, 9.17) is 24.1 Å². The zero-order valence-corrected chi connectivity index (χ0v) is 27.9. The third-order valence-electron chi connectivity index (χ3n) is 10.5. The highest BCUT2D eigenvalue weighted by atomic mass is 16.5. The van der Waals surface area contributed by atoms with Crippen molar-refractivity contribution in [3.63, 3.8) is 0 Å². The van der Waals surface area contributed by atoms with Crippen molar-refractivity contribution >= 4 is 49.1 Å². The Kier molecular flexibility index (Phi) is 6.31. The van der Waals surface area contributed by atoms with Gasteiger partial charge in [-0.2, -0.15) is 0 Å². The average molecular weight is 668 g/mol. The van der Waals surface area contributed by atoms with Gasteiger partial charge in [-0.05, 0) is 63.0 Å². The Bertz CT molecular complexity index is 2960. The third-order valence-corrected chi connectivity index (χ3v) is 10.5. The number of nitrogens with zero attached hydrogens (tertiary/aromatic N) is 3. The smallest absolute Gasteiger partial charge is 0.164 e. The number of hydrogen-bond donors (Lipinski definition) is 0. The first-order valence-corrected chi connectivity index (χ1v) is 17.6. The molecular weight excluding hydrogens is 639 g/mol. The Morgan fingerprint density at radius 1 is 0.500 bits per heavy atom. The van der Waals surface area contributed by atoms with E-state index < -0.39 is 0 Å². The van der Waals surface area contributed by atoms with Gasteiger partial charge in [0.2, 0.25) is 0 Å². The molecule has 0 saturated carbocycles. The predicted molar refractivity (Wildman–Crippen MR) is 209 cm³/mol. The van der Waals surface area contributed by atoms with Crippen molar-refractivity contribution in [2.24, 2.45) is 0 Å². The summed E-state index contributed by atoms with van der Waals surface area (Å²) in [4.78, 5) is 15.3. The second kappa shape index (κ2) is 11.3. The number of para-hydroxylation sites is 1. The van der Waals surface area contributed by atoms with Crippen LogP contribution < -0.4 is 4.74 Å². The molecule has 0 N–H and O–H groups in total. The van der Waals surface area contributed by atoms with Crippen LogP contribution in [0.2, 0.25) is 0 Å². The van der Waals surface area contributed by atoms with Crippen LogP contribution in [0.4, 0.5) is 0 Å². The van der Waals surface area contributed by atoms with E-state index in [0.717, 1.165) is 66.5 Å². The van der Waals surface area contributed by atoms with Gasteiger partial charge in [-0.15, -0.1) is 0 Å². The summed E-state index contributed by atoms with van der Waals surface area (Å²) in [6, 6.07) is 50.5. The van der Waals surface area contributed by atoms with E-state index in [0.29, 0.717) is 17.5 Å². The summed E-state index contributed by atoms with van der Waals surface area (Å²) in [7, 11) is 0. The Balaban J connectivity index is 1.03. The number of benzene rings is 7. The first-order chi connectivity index (χ1) is 25.7. The van der Waals surface area contributed by atoms with E-state index in [1.807, 2.05) is 42.5 Å². The zero-order valence-electron chi connectivity index (χ0n) is 27.9. The van der Waals surface area contributed by atoms with Gasteiger partial charge >= 0.3 is 0 Å². The van der Waals surface area contributed by atoms with Crippen LogP contribution in [0, 0.1) is 0 Å². The van der Waals surface area contributed by atoms with Gasteiger partial charge in [0.25, 0.3) is 0 Å². The number of furan rings is 1. The minimum Gasteiger partial charge on any atom is -0.485 e. The van der Waals surface area contributed by atoms with E-state index >= 15 is 0 Å². The van der Waals surface area contributed by atoms with Crippen LogP contribution in [-0.4, -0.2) is 21.1 Å². The SMILES string of the molecule is C1=CC2Oc3cc(-c4cc5oc6ccccc6c5c5ccccc45)ccc3C2C(c2nc(-c3ccccc3)nc(-c3ccc4ccccc4c3)n2)=C1. The van der Waals surface area contributed by atoms with Crippen molar-refractivity contribution in [2.45, 2.75) is 12.0 Å². The quantitative estimate of drug-likeness (QED) is 0.187. The van der Waals surface area contributed by atoms with Crippen molar-refractivity contribution in [1.82, 2.24) is 15.0 Å². The molecule has 0 bridgehead atoms. The Morgan fingerprint density at radius 3 is 2.10 bits per heavy atom. The van der Waals surface area contributed by atoms with Gasteiger partial charge in [0, 0.05) is 33.0 Å². The molecule has 5 heteroatoms. The number of fused-ring (bicyclic) bond motifs is 9. The largest absolute Gasteiger partial charge is 0.485 e. The average Bonchev–Trinajstić information content (AvgIpc) is 3.78. The lowest BCUT2D eigenvalue weighted by Gasteiger charge is -2.22. The first-order valence-electron chi connectivity index (χ1n) is 17.6.